The van der Waals surface area contributed by atoms with Gasteiger partial charge in [0.1, 0.15) is 5.82 Å². The van der Waals surface area contributed by atoms with Crippen LogP contribution in [0.5, 0.6) is 0 Å². The first-order valence-corrected chi connectivity index (χ1v) is 9.79. The van der Waals surface area contributed by atoms with E-state index in [2.05, 4.69) is 41.2 Å². The van der Waals surface area contributed by atoms with Crippen molar-refractivity contribution in [3.05, 3.63) is 84.1 Å². The molecule has 1 heterocycles. The van der Waals surface area contributed by atoms with Gasteiger partial charge in [0.25, 0.3) is 5.91 Å². The van der Waals surface area contributed by atoms with E-state index < -0.39 is 0 Å². The molecule has 29 heavy (non-hydrogen) atoms. The van der Waals surface area contributed by atoms with E-state index in [1.807, 2.05) is 73.6 Å². The van der Waals surface area contributed by atoms with Crippen molar-refractivity contribution in [2.24, 2.45) is 0 Å². The minimum absolute atomic E-state index is 0.166. The number of hydrogen-bond acceptors (Lipinski definition) is 4. The number of nitrogens with zero attached hydrogens (tertiary/aromatic N) is 3. The van der Waals surface area contributed by atoms with Crippen LogP contribution in [0, 0.1) is 0 Å². The number of benzene rings is 2. The first-order valence-electron chi connectivity index (χ1n) is 9.79. The Kier molecular flexibility index (Phi) is 6.50. The number of aromatic nitrogens is 1. The van der Waals surface area contributed by atoms with Gasteiger partial charge in [-0.2, -0.15) is 0 Å². The second-order valence-corrected chi connectivity index (χ2v) is 7.51. The van der Waals surface area contributed by atoms with Gasteiger partial charge in [-0.25, -0.2) is 4.98 Å². The summed E-state index contributed by atoms with van der Waals surface area (Å²) in [6.07, 6.45) is 1.64. The summed E-state index contributed by atoms with van der Waals surface area (Å²) in [5, 5.41) is 2.92. The largest absolute Gasteiger partial charge is 0.378 e. The van der Waals surface area contributed by atoms with Gasteiger partial charge in [0.05, 0.1) is 5.56 Å². The van der Waals surface area contributed by atoms with Crippen molar-refractivity contribution >= 4 is 23.1 Å². The summed E-state index contributed by atoms with van der Waals surface area (Å²) in [6, 6.07) is 22.1. The minimum Gasteiger partial charge on any atom is -0.378 e. The molecule has 150 valence electrons. The van der Waals surface area contributed by atoms with Gasteiger partial charge in [-0.3, -0.25) is 4.79 Å². The summed E-state index contributed by atoms with van der Waals surface area (Å²) < 4.78 is 0. The summed E-state index contributed by atoms with van der Waals surface area (Å²) in [7, 11) is 3.97. The fourth-order valence-corrected chi connectivity index (χ4v) is 3.04. The predicted molar refractivity (Wildman–Crippen MR) is 121 cm³/mol. The summed E-state index contributed by atoms with van der Waals surface area (Å²) in [6.45, 7) is 5.06. The molecule has 0 saturated heterocycles. The normalized spacial score (nSPS) is 10.7. The van der Waals surface area contributed by atoms with Crippen LogP contribution in [0.15, 0.2) is 72.9 Å². The van der Waals surface area contributed by atoms with Crippen LogP contribution in [0.3, 0.4) is 0 Å². The number of rotatable bonds is 7. The van der Waals surface area contributed by atoms with Crippen LogP contribution in [-0.2, 0) is 6.54 Å². The second kappa shape index (κ2) is 9.24. The highest BCUT2D eigenvalue weighted by Gasteiger charge is 2.14. The van der Waals surface area contributed by atoms with Crippen LogP contribution in [0.4, 0.5) is 17.2 Å². The third-order valence-corrected chi connectivity index (χ3v) is 4.76. The van der Waals surface area contributed by atoms with Gasteiger partial charge in [0.15, 0.2) is 0 Å². The Labute approximate surface area is 173 Å². The van der Waals surface area contributed by atoms with Crippen molar-refractivity contribution < 1.29 is 4.79 Å². The maximum absolute atomic E-state index is 12.6. The van der Waals surface area contributed by atoms with E-state index >= 15 is 0 Å². The van der Waals surface area contributed by atoms with Gasteiger partial charge in [-0.15, -0.1) is 0 Å². The molecule has 3 aromatic rings. The lowest BCUT2D eigenvalue weighted by Crippen LogP contribution is -2.31. The summed E-state index contributed by atoms with van der Waals surface area (Å²) in [4.78, 5) is 21.4. The number of pyridine rings is 1. The second-order valence-electron chi connectivity index (χ2n) is 7.51. The zero-order valence-corrected chi connectivity index (χ0v) is 17.5. The smallest absolute Gasteiger partial charge is 0.257 e. The van der Waals surface area contributed by atoms with Crippen LogP contribution >= 0.6 is 0 Å². The molecule has 0 aliphatic carbocycles. The van der Waals surface area contributed by atoms with Crippen LogP contribution < -0.4 is 15.1 Å². The molecular weight excluding hydrogens is 360 g/mol. The lowest BCUT2D eigenvalue weighted by atomic mass is 10.2. The molecule has 1 amide bonds. The lowest BCUT2D eigenvalue weighted by Gasteiger charge is -2.28. The molecule has 2 aromatic carbocycles. The van der Waals surface area contributed by atoms with Gasteiger partial charge >= 0.3 is 0 Å². The summed E-state index contributed by atoms with van der Waals surface area (Å²) >= 11 is 0. The molecular formula is C24H28N4O. The van der Waals surface area contributed by atoms with E-state index in [-0.39, 0.29) is 11.9 Å². The van der Waals surface area contributed by atoms with Crippen molar-refractivity contribution in [1.82, 2.24) is 4.98 Å². The van der Waals surface area contributed by atoms with E-state index in [1.54, 1.807) is 6.20 Å². The van der Waals surface area contributed by atoms with Crippen LogP contribution in [0.25, 0.3) is 0 Å². The standard InChI is InChI=1S/C24H28N4O/c1-18(2)28(17-19-8-6-5-7-9-19)23-15-10-20(16-25-23)24(29)26-21-11-13-22(14-12-21)27(3)4/h5-16,18H,17H2,1-4H3,(H,26,29). The third kappa shape index (κ3) is 5.35. The van der Waals surface area contributed by atoms with Crippen LogP contribution in [0.2, 0.25) is 0 Å². The van der Waals surface area contributed by atoms with Crippen molar-refractivity contribution in [2.75, 3.05) is 29.2 Å². The molecule has 5 nitrogen and oxygen atoms in total. The first-order chi connectivity index (χ1) is 13.9. The van der Waals surface area contributed by atoms with E-state index in [1.165, 1.54) is 5.56 Å². The minimum atomic E-state index is -0.166. The fraction of sp³-hybridized carbons (Fsp3) is 0.250. The van der Waals surface area contributed by atoms with Crippen LogP contribution in [0.1, 0.15) is 29.8 Å². The number of carbonyl (C=O) groups is 1. The molecule has 0 atom stereocenters. The topological polar surface area (TPSA) is 48.5 Å². The monoisotopic (exact) mass is 388 g/mol. The van der Waals surface area contributed by atoms with Gasteiger partial charge < -0.3 is 15.1 Å². The molecule has 0 spiro atoms. The molecule has 0 fully saturated rings. The fourth-order valence-electron chi connectivity index (χ4n) is 3.04. The SMILES string of the molecule is CC(C)N(Cc1ccccc1)c1ccc(C(=O)Nc2ccc(N(C)C)cc2)cn1. The van der Waals surface area contributed by atoms with Crippen molar-refractivity contribution in [1.29, 1.82) is 0 Å². The molecule has 0 saturated carbocycles. The van der Waals surface area contributed by atoms with E-state index in [4.69, 9.17) is 0 Å². The summed E-state index contributed by atoms with van der Waals surface area (Å²) in [5.41, 5.74) is 3.61. The highest BCUT2D eigenvalue weighted by molar-refractivity contribution is 6.04. The number of anilines is 3. The van der Waals surface area contributed by atoms with Gasteiger partial charge in [0, 0.05) is 44.3 Å². The molecule has 0 bridgehead atoms. The first kappa shape index (κ1) is 20.4. The zero-order chi connectivity index (χ0) is 20.8. The molecule has 5 heteroatoms. The van der Waals surface area contributed by atoms with Crippen LogP contribution in [-0.4, -0.2) is 31.0 Å². The Morgan fingerprint density at radius 3 is 2.21 bits per heavy atom. The predicted octanol–water partition coefficient (Wildman–Crippen LogP) is 4.81. The molecule has 1 N–H and O–H groups in total. The van der Waals surface area contributed by atoms with Crippen molar-refractivity contribution in [3.8, 4) is 0 Å². The Bertz CT molecular complexity index is 919. The van der Waals surface area contributed by atoms with E-state index in [9.17, 15) is 4.79 Å². The third-order valence-electron chi connectivity index (χ3n) is 4.76. The zero-order valence-electron chi connectivity index (χ0n) is 17.5. The Morgan fingerprint density at radius 2 is 1.66 bits per heavy atom. The Morgan fingerprint density at radius 1 is 0.966 bits per heavy atom. The van der Waals surface area contributed by atoms with Gasteiger partial charge in [0.2, 0.25) is 0 Å². The summed E-state index contributed by atoms with van der Waals surface area (Å²) in [5.74, 6) is 0.691. The maximum atomic E-state index is 12.6. The average molecular weight is 389 g/mol. The van der Waals surface area contributed by atoms with Gasteiger partial charge in [-0.05, 0) is 55.8 Å². The molecule has 0 aliphatic heterocycles. The molecule has 3 rings (SSSR count). The highest BCUT2D eigenvalue weighted by atomic mass is 16.1. The van der Waals surface area contributed by atoms with Gasteiger partial charge in [-0.1, -0.05) is 30.3 Å². The van der Waals surface area contributed by atoms with Crippen molar-refractivity contribution in [2.45, 2.75) is 26.4 Å². The molecule has 0 unspecified atom stereocenters. The Hall–Kier alpha value is -3.34. The molecule has 1 aromatic heterocycles. The molecule has 0 aliphatic rings. The average Bonchev–Trinajstić information content (AvgIpc) is 2.73. The number of nitrogens with one attached hydrogen (secondary N) is 1. The van der Waals surface area contributed by atoms with Crippen molar-refractivity contribution in [3.63, 3.8) is 0 Å². The number of amides is 1. The highest BCUT2D eigenvalue weighted by Crippen LogP contribution is 2.20. The lowest BCUT2D eigenvalue weighted by molar-refractivity contribution is 0.102. The van der Waals surface area contributed by atoms with E-state index in [0.29, 0.717) is 5.56 Å². The number of carbonyl (C=O) groups excluding carboxylic acids is 1. The quantitative estimate of drug-likeness (QED) is 0.631. The molecule has 0 radical (unpaired) electrons. The Balaban J connectivity index is 1.70. The number of hydrogen-bond donors (Lipinski definition) is 1. The maximum Gasteiger partial charge on any atom is 0.257 e. The van der Waals surface area contributed by atoms with E-state index in [0.717, 1.165) is 23.7 Å².